The van der Waals surface area contributed by atoms with Crippen molar-refractivity contribution in [3.8, 4) is 5.88 Å². The van der Waals surface area contributed by atoms with Crippen LogP contribution in [-0.2, 0) is 0 Å². The van der Waals surface area contributed by atoms with Crippen LogP contribution in [-0.4, -0.2) is 18.3 Å². The summed E-state index contributed by atoms with van der Waals surface area (Å²) in [7, 11) is -1.81. The van der Waals surface area contributed by atoms with Crippen molar-refractivity contribution in [2.45, 2.75) is 45.8 Å². The van der Waals surface area contributed by atoms with Crippen LogP contribution in [0.3, 0.4) is 0 Å². The maximum Gasteiger partial charge on any atom is 0.252 e. The minimum Gasteiger partial charge on any atom is -0.531 e. The Hall–Kier alpha value is -0.683. The highest BCUT2D eigenvalue weighted by Crippen LogP contribution is 2.36. The zero-order valence-corrected chi connectivity index (χ0v) is 12.7. The molecule has 1 rings (SSSR count). The third-order valence-corrected chi connectivity index (χ3v) is 7.55. The van der Waals surface area contributed by atoms with Crippen LogP contribution < -0.4 is 4.43 Å². The van der Waals surface area contributed by atoms with Gasteiger partial charge in [0.2, 0.25) is 5.88 Å². The van der Waals surface area contributed by atoms with Crippen LogP contribution in [0.25, 0.3) is 0 Å². The molecule has 1 aromatic rings. The molecule has 0 fully saturated rings. The summed E-state index contributed by atoms with van der Waals surface area (Å²) >= 11 is 5.04. The fourth-order valence-electron chi connectivity index (χ4n) is 1.02. The van der Waals surface area contributed by atoms with Gasteiger partial charge in [-0.05, 0) is 37.3 Å². The number of H-pyrrole nitrogens is 1. The van der Waals surface area contributed by atoms with E-state index >= 15 is 0 Å². The number of nitrogens with one attached hydrogen (secondary N) is 1. The summed E-state index contributed by atoms with van der Waals surface area (Å²) in [6, 6.07) is 1.90. The normalized spacial score (nSPS) is 12.6. The Morgan fingerprint density at radius 2 is 1.94 bits per heavy atom. The quantitative estimate of drug-likeness (QED) is 0.645. The van der Waals surface area contributed by atoms with Gasteiger partial charge in [0.1, 0.15) is 0 Å². The van der Waals surface area contributed by atoms with Gasteiger partial charge in [0.25, 0.3) is 8.32 Å². The van der Waals surface area contributed by atoms with E-state index in [4.69, 9.17) is 16.6 Å². The van der Waals surface area contributed by atoms with Crippen molar-refractivity contribution >= 4 is 20.5 Å². The van der Waals surface area contributed by atoms with Gasteiger partial charge in [0, 0.05) is 11.8 Å². The highest BCUT2D eigenvalue weighted by Gasteiger charge is 2.39. The predicted molar refractivity (Wildman–Crippen MR) is 72.0 cm³/mol. The molecule has 0 aliphatic rings. The zero-order chi connectivity index (χ0) is 12.6. The second-order valence-electron chi connectivity index (χ2n) is 5.57. The Kier molecular flexibility index (Phi) is 3.59. The lowest BCUT2D eigenvalue weighted by molar-refractivity contribution is 0.474. The number of hydrogen-bond donors (Lipinski definition) is 1. The zero-order valence-electron chi connectivity index (χ0n) is 10.8. The molecule has 16 heavy (non-hydrogen) atoms. The maximum absolute atomic E-state index is 6.07. The number of nitrogens with zero attached hydrogens (tertiary/aromatic N) is 1. The molecule has 0 spiro atoms. The van der Waals surface area contributed by atoms with E-state index in [1.54, 1.807) is 0 Å². The Bertz CT molecular complexity index is 434. The first-order chi connectivity index (χ1) is 7.12. The van der Waals surface area contributed by atoms with Crippen LogP contribution in [0.4, 0.5) is 0 Å². The average molecular weight is 256 g/mol. The van der Waals surface area contributed by atoms with E-state index < -0.39 is 8.32 Å². The summed E-state index contributed by atoms with van der Waals surface area (Å²) < 4.78 is 6.55. The van der Waals surface area contributed by atoms with Crippen LogP contribution in [0.2, 0.25) is 18.1 Å². The molecule has 1 aromatic heterocycles. The Morgan fingerprint density at radius 3 is 2.38 bits per heavy atom. The van der Waals surface area contributed by atoms with E-state index in [1.807, 2.05) is 13.0 Å². The topological polar surface area (TPSA) is 37.9 Å². The molecule has 0 radical (unpaired) electrons. The Labute approximate surface area is 103 Å². The fourth-order valence-corrected chi connectivity index (χ4v) is 2.20. The van der Waals surface area contributed by atoms with Gasteiger partial charge in [-0.25, -0.2) is 0 Å². The van der Waals surface area contributed by atoms with E-state index in [-0.39, 0.29) is 5.04 Å². The second kappa shape index (κ2) is 4.29. The predicted octanol–water partition coefficient (Wildman–Crippen LogP) is 3.83. The van der Waals surface area contributed by atoms with Crippen molar-refractivity contribution in [1.82, 2.24) is 9.97 Å². The Balaban J connectivity index is 3.01. The molecule has 0 aliphatic carbocycles. The van der Waals surface area contributed by atoms with Gasteiger partial charge >= 0.3 is 0 Å². The number of aromatic amines is 1. The molecule has 5 heteroatoms. The van der Waals surface area contributed by atoms with E-state index in [2.05, 4.69) is 43.8 Å². The number of hydrogen-bond acceptors (Lipinski definition) is 3. The third kappa shape index (κ3) is 3.15. The molecule has 0 unspecified atom stereocenters. The molecular formula is C11H20N2OSSi. The summed E-state index contributed by atoms with van der Waals surface area (Å²) in [6.45, 7) is 13.0. The SMILES string of the molecule is Cc1cc(O[Si](C)(C)C(C)(C)C)nc(=S)[nH]1. The van der Waals surface area contributed by atoms with Crippen molar-refractivity contribution in [3.05, 3.63) is 16.5 Å². The fraction of sp³-hybridized carbons (Fsp3) is 0.636. The number of rotatable bonds is 2. The lowest BCUT2D eigenvalue weighted by atomic mass is 10.2. The molecule has 0 aliphatic heterocycles. The van der Waals surface area contributed by atoms with Crippen molar-refractivity contribution in [3.63, 3.8) is 0 Å². The lowest BCUT2D eigenvalue weighted by Crippen LogP contribution is -2.44. The van der Waals surface area contributed by atoms with Crippen molar-refractivity contribution in [2.75, 3.05) is 0 Å². The largest absolute Gasteiger partial charge is 0.531 e. The van der Waals surface area contributed by atoms with Crippen LogP contribution in [0.1, 0.15) is 26.5 Å². The van der Waals surface area contributed by atoms with E-state index in [9.17, 15) is 0 Å². The van der Waals surface area contributed by atoms with Gasteiger partial charge in [0.15, 0.2) is 4.77 Å². The molecule has 0 amide bonds. The average Bonchev–Trinajstić information content (AvgIpc) is 1.97. The number of aromatic nitrogens is 2. The second-order valence-corrected chi connectivity index (χ2v) is 10.7. The molecule has 1 heterocycles. The van der Waals surface area contributed by atoms with Gasteiger partial charge in [0.05, 0.1) is 0 Å². The first kappa shape index (κ1) is 13.4. The van der Waals surface area contributed by atoms with Crippen molar-refractivity contribution in [2.24, 2.45) is 0 Å². The van der Waals surface area contributed by atoms with Crippen molar-refractivity contribution < 1.29 is 4.43 Å². The first-order valence-electron chi connectivity index (χ1n) is 5.39. The molecular weight excluding hydrogens is 236 g/mol. The highest BCUT2D eigenvalue weighted by molar-refractivity contribution is 7.71. The minimum atomic E-state index is -1.81. The van der Waals surface area contributed by atoms with Crippen molar-refractivity contribution in [1.29, 1.82) is 0 Å². The van der Waals surface area contributed by atoms with Crippen LogP contribution >= 0.6 is 12.2 Å². The third-order valence-electron chi connectivity index (χ3n) is 3.02. The summed E-state index contributed by atoms with van der Waals surface area (Å²) in [5, 5.41) is 0.170. The molecule has 0 saturated heterocycles. The molecule has 0 bridgehead atoms. The van der Waals surface area contributed by atoms with E-state index in [1.165, 1.54) is 0 Å². The van der Waals surface area contributed by atoms with Gasteiger partial charge in [-0.2, -0.15) is 4.98 Å². The smallest absolute Gasteiger partial charge is 0.252 e. The standard InChI is InChI=1S/C11H20N2OSSi/c1-8-7-9(13-10(15)12-8)14-16(5,6)11(2,3)4/h7H,1-6H3,(H,12,13,15). The minimum absolute atomic E-state index is 0.170. The van der Waals surface area contributed by atoms with Crippen LogP contribution in [0.5, 0.6) is 5.88 Å². The summed E-state index contributed by atoms with van der Waals surface area (Å²) in [6.07, 6.45) is 0. The Morgan fingerprint density at radius 1 is 1.38 bits per heavy atom. The monoisotopic (exact) mass is 256 g/mol. The van der Waals surface area contributed by atoms with Gasteiger partial charge in [-0.15, -0.1) is 0 Å². The molecule has 3 nitrogen and oxygen atoms in total. The van der Waals surface area contributed by atoms with Gasteiger partial charge < -0.3 is 9.41 Å². The lowest BCUT2D eigenvalue weighted by Gasteiger charge is -2.35. The summed E-state index contributed by atoms with van der Waals surface area (Å²) in [4.78, 5) is 7.18. The van der Waals surface area contributed by atoms with E-state index in [0.29, 0.717) is 10.7 Å². The number of aryl methyl sites for hydroxylation is 1. The highest BCUT2D eigenvalue weighted by atomic mass is 32.1. The maximum atomic E-state index is 6.07. The summed E-state index contributed by atoms with van der Waals surface area (Å²) in [5.74, 6) is 0.646. The first-order valence-corrected chi connectivity index (χ1v) is 8.70. The van der Waals surface area contributed by atoms with Gasteiger partial charge in [-0.3, -0.25) is 0 Å². The molecule has 0 aromatic carbocycles. The van der Waals surface area contributed by atoms with Gasteiger partial charge in [-0.1, -0.05) is 20.8 Å². The van der Waals surface area contributed by atoms with E-state index in [0.717, 1.165) is 5.69 Å². The molecule has 0 saturated carbocycles. The molecule has 1 N–H and O–H groups in total. The molecule has 90 valence electrons. The van der Waals surface area contributed by atoms with Crippen LogP contribution in [0.15, 0.2) is 6.07 Å². The summed E-state index contributed by atoms with van der Waals surface area (Å²) in [5.41, 5.74) is 0.980. The molecule has 0 atom stereocenters. The van der Waals surface area contributed by atoms with Crippen LogP contribution in [0, 0.1) is 11.7 Å².